The zero-order valence-corrected chi connectivity index (χ0v) is 12.8. The van der Waals surface area contributed by atoms with Crippen LogP contribution in [0.15, 0.2) is 60.8 Å². The quantitative estimate of drug-likeness (QED) is 0.507. The molecule has 1 nitrogen and oxygen atoms in total. The Labute approximate surface area is 127 Å². The monoisotopic (exact) mass is 277 g/mol. The second-order valence-electron chi connectivity index (χ2n) is 5.68. The molecule has 1 aromatic carbocycles. The zero-order chi connectivity index (χ0) is 14.5. The maximum atomic E-state index is 2.36. The summed E-state index contributed by atoms with van der Waals surface area (Å²) in [4.78, 5) is 0. The van der Waals surface area contributed by atoms with Crippen LogP contribution in [0.4, 0.5) is 0 Å². The molecule has 3 aromatic rings. The van der Waals surface area contributed by atoms with Gasteiger partial charge in [0.2, 0.25) is 0 Å². The Kier molecular flexibility index (Phi) is 4.40. The van der Waals surface area contributed by atoms with Crippen LogP contribution in [-0.4, -0.2) is 4.40 Å². The molecule has 0 aliphatic rings. The first-order chi connectivity index (χ1) is 10.4. The highest BCUT2D eigenvalue weighted by Gasteiger charge is 2.11. The molecule has 0 radical (unpaired) electrons. The van der Waals surface area contributed by atoms with E-state index in [1.165, 1.54) is 48.0 Å². The maximum absolute atomic E-state index is 2.36. The molecule has 0 amide bonds. The average Bonchev–Trinajstić information content (AvgIpc) is 2.91. The smallest absolute Gasteiger partial charge is 0.0459 e. The van der Waals surface area contributed by atoms with Crippen molar-refractivity contribution >= 4 is 5.52 Å². The largest absolute Gasteiger partial charge is 0.320 e. The van der Waals surface area contributed by atoms with Crippen LogP contribution >= 0.6 is 0 Å². The molecule has 1 heteroatoms. The third-order valence-corrected chi connectivity index (χ3v) is 4.14. The van der Waals surface area contributed by atoms with Crippen LogP contribution < -0.4 is 0 Å². The highest BCUT2D eigenvalue weighted by molar-refractivity contribution is 5.73. The molecule has 0 N–H and O–H groups in total. The van der Waals surface area contributed by atoms with E-state index >= 15 is 0 Å². The Hall–Kier alpha value is -2.02. The summed E-state index contributed by atoms with van der Waals surface area (Å²) in [6.45, 7) is 2.27. The Morgan fingerprint density at radius 1 is 0.857 bits per heavy atom. The van der Waals surface area contributed by atoms with E-state index in [0.717, 1.165) is 6.42 Å². The minimum Gasteiger partial charge on any atom is -0.320 e. The first-order valence-electron chi connectivity index (χ1n) is 8.04. The standard InChI is InChI=1S/C20H23N/c1-2-3-4-8-14-20-19(17-11-6-5-7-12-17)16-18-13-9-10-15-21(18)20/h5-7,9-13,15-16H,2-4,8,14H2,1H3. The van der Waals surface area contributed by atoms with E-state index in [4.69, 9.17) is 0 Å². The van der Waals surface area contributed by atoms with Crippen molar-refractivity contribution in [1.29, 1.82) is 0 Å². The van der Waals surface area contributed by atoms with Gasteiger partial charge in [0.15, 0.2) is 0 Å². The van der Waals surface area contributed by atoms with E-state index in [1.54, 1.807) is 0 Å². The van der Waals surface area contributed by atoms with Gasteiger partial charge < -0.3 is 4.40 Å². The summed E-state index contributed by atoms with van der Waals surface area (Å²) in [6, 6.07) is 19.5. The Bertz CT molecular complexity index is 694. The number of hydrogen-bond donors (Lipinski definition) is 0. The number of pyridine rings is 1. The number of aryl methyl sites for hydroxylation is 1. The minimum absolute atomic E-state index is 1.16. The van der Waals surface area contributed by atoms with E-state index in [0.29, 0.717) is 0 Å². The van der Waals surface area contributed by atoms with Gasteiger partial charge in [0.1, 0.15) is 0 Å². The molecule has 21 heavy (non-hydrogen) atoms. The molecule has 2 aromatic heterocycles. The molecule has 0 bridgehead atoms. The van der Waals surface area contributed by atoms with Gasteiger partial charge in [-0.15, -0.1) is 0 Å². The summed E-state index contributed by atoms with van der Waals surface area (Å²) >= 11 is 0. The summed E-state index contributed by atoms with van der Waals surface area (Å²) in [7, 11) is 0. The van der Waals surface area contributed by atoms with Crippen molar-refractivity contribution in [3.63, 3.8) is 0 Å². The lowest BCUT2D eigenvalue weighted by Crippen LogP contribution is -1.95. The van der Waals surface area contributed by atoms with Gasteiger partial charge in [-0.25, -0.2) is 0 Å². The predicted octanol–water partition coefficient (Wildman–Crippen LogP) is 5.73. The molecular formula is C20H23N. The SMILES string of the molecule is CCCCCCc1c(-c2ccccc2)cc2ccccn12. The van der Waals surface area contributed by atoms with Crippen LogP contribution in [0.25, 0.3) is 16.6 Å². The van der Waals surface area contributed by atoms with Gasteiger partial charge in [-0.05, 0) is 36.6 Å². The summed E-state index contributed by atoms with van der Waals surface area (Å²) in [5.41, 5.74) is 5.46. The molecule has 0 saturated heterocycles. The number of unbranched alkanes of at least 4 members (excludes halogenated alkanes) is 3. The molecule has 0 atom stereocenters. The molecule has 0 aliphatic heterocycles. The second-order valence-corrected chi connectivity index (χ2v) is 5.68. The molecule has 0 saturated carbocycles. The molecule has 0 aliphatic carbocycles. The van der Waals surface area contributed by atoms with Gasteiger partial charge in [0.05, 0.1) is 0 Å². The van der Waals surface area contributed by atoms with Crippen LogP contribution in [0.3, 0.4) is 0 Å². The lowest BCUT2D eigenvalue weighted by molar-refractivity contribution is 0.659. The van der Waals surface area contributed by atoms with Crippen LogP contribution in [0.2, 0.25) is 0 Å². The lowest BCUT2D eigenvalue weighted by Gasteiger charge is -2.07. The Morgan fingerprint density at radius 2 is 1.67 bits per heavy atom. The zero-order valence-electron chi connectivity index (χ0n) is 12.8. The van der Waals surface area contributed by atoms with E-state index in [2.05, 4.69) is 72.1 Å². The number of fused-ring (bicyclic) bond motifs is 1. The fraction of sp³-hybridized carbons (Fsp3) is 0.300. The van der Waals surface area contributed by atoms with Crippen molar-refractivity contribution in [2.75, 3.05) is 0 Å². The molecule has 0 fully saturated rings. The van der Waals surface area contributed by atoms with E-state index < -0.39 is 0 Å². The van der Waals surface area contributed by atoms with Crippen molar-refractivity contribution in [1.82, 2.24) is 4.40 Å². The van der Waals surface area contributed by atoms with Crippen LogP contribution in [0.5, 0.6) is 0 Å². The molecule has 2 heterocycles. The van der Waals surface area contributed by atoms with Crippen LogP contribution in [0.1, 0.15) is 38.3 Å². The van der Waals surface area contributed by atoms with Crippen LogP contribution in [-0.2, 0) is 6.42 Å². The second kappa shape index (κ2) is 6.62. The minimum atomic E-state index is 1.16. The Morgan fingerprint density at radius 3 is 2.48 bits per heavy atom. The molecule has 0 spiro atoms. The summed E-state index contributed by atoms with van der Waals surface area (Å²) < 4.78 is 2.36. The molecule has 0 unspecified atom stereocenters. The van der Waals surface area contributed by atoms with Gasteiger partial charge in [-0.3, -0.25) is 0 Å². The third kappa shape index (κ3) is 3.02. The van der Waals surface area contributed by atoms with E-state index in [9.17, 15) is 0 Å². The normalized spacial score (nSPS) is 11.1. The van der Waals surface area contributed by atoms with E-state index in [1.807, 2.05) is 0 Å². The third-order valence-electron chi connectivity index (χ3n) is 4.14. The van der Waals surface area contributed by atoms with Crippen molar-refractivity contribution in [2.24, 2.45) is 0 Å². The molecule has 3 rings (SSSR count). The molecule has 108 valence electrons. The van der Waals surface area contributed by atoms with Crippen molar-refractivity contribution < 1.29 is 0 Å². The number of hydrogen-bond acceptors (Lipinski definition) is 0. The van der Waals surface area contributed by atoms with Gasteiger partial charge in [-0.1, -0.05) is 62.6 Å². The fourth-order valence-electron chi connectivity index (χ4n) is 3.02. The average molecular weight is 277 g/mol. The fourth-order valence-corrected chi connectivity index (χ4v) is 3.02. The highest BCUT2D eigenvalue weighted by atomic mass is 14.9. The first-order valence-corrected chi connectivity index (χ1v) is 8.04. The summed E-state index contributed by atoms with van der Waals surface area (Å²) in [5, 5.41) is 0. The van der Waals surface area contributed by atoms with Crippen molar-refractivity contribution in [3.8, 4) is 11.1 Å². The highest BCUT2D eigenvalue weighted by Crippen LogP contribution is 2.29. The number of nitrogens with zero attached hydrogens (tertiary/aromatic N) is 1. The van der Waals surface area contributed by atoms with E-state index in [-0.39, 0.29) is 0 Å². The predicted molar refractivity (Wildman–Crippen MR) is 90.7 cm³/mol. The van der Waals surface area contributed by atoms with Crippen molar-refractivity contribution in [2.45, 2.75) is 39.0 Å². The summed E-state index contributed by atoms with van der Waals surface area (Å²) in [6.07, 6.45) is 8.57. The topological polar surface area (TPSA) is 4.41 Å². The number of aromatic nitrogens is 1. The lowest BCUT2D eigenvalue weighted by atomic mass is 10.0. The maximum Gasteiger partial charge on any atom is 0.0459 e. The van der Waals surface area contributed by atoms with Gasteiger partial charge in [-0.2, -0.15) is 0 Å². The van der Waals surface area contributed by atoms with Crippen molar-refractivity contribution in [3.05, 3.63) is 66.5 Å². The molecular weight excluding hydrogens is 254 g/mol. The number of rotatable bonds is 6. The van der Waals surface area contributed by atoms with Gasteiger partial charge >= 0.3 is 0 Å². The number of benzene rings is 1. The van der Waals surface area contributed by atoms with Gasteiger partial charge in [0.25, 0.3) is 0 Å². The van der Waals surface area contributed by atoms with Gasteiger partial charge in [0, 0.05) is 23.0 Å². The summed E-state index contributed by atoms with van der Waals surface area (Å²) in [5.74, 6) is 0. The Balaban J connectivity index is 1.98. The first kappa shape index (κ1) is 13.9. The van der Waals surface area contributed by atoms with Crippen LogP contribution in [0, 0.1) is 0 Å².